The Morgan fingerprint density at radius 3 is 1.92 bits per heavy atom. The molecule has 1 amide bonds. The lowest BCUT2D eigenvalue weighted by Gasteiger charge is -2.47. The number of aryl methyl sites for hydroxylation is 1. The molecule has 274 valence electrons. The Morgan fingerprint density at radius 1 is 0.900 bits per heavy atom. The summed E-state index contributed by atoms with van der Waals surface area (Å²) >= 11 is 0. The Kier molecular flexibility index (Phi) is 11.3. The van der Waals surface area contributed by atoms with E-state index in [1.54, 1.807) is 33.9 Å². The largest absolute Gasteiger partial charge is 0.446 e. The molecule has 0 unspecified atom stereocenters. The predicted molar refractivity (Wildman–Crippen MR) is 170 cm³/mol. The smallest absolute Gasteiger partial charge is 0.416 e. The maximum absolute atomic E-state index is 13.8. The van der Waals surface area contributed by atoms with Gasteiger partial charge >= 0.3 is 18.4 Å². The Labute approximate surface area is 286 Å². The van der Waals surface area contributed by atoms with Gasteiger partial charge in [0, 0.05) is 67.4 Å². The molecule has 0 bridgehead atoms. The van der Waals surface area contributed by atoms with E-state index in [1.165, 1.54) is 12.4 Å². The number of aliphatic hydroxyl groups excluding tert-OH is 1. The standard InChI is InChI=1S/C34H42F6N6O4/c1-4-26-13-28(14-27(5-2)46(26)32(49)50-29-8-6-21(7-9-29)30(47)48)45(31-41-15-22(16-42-31)23-17-43-44(3)19-23)18-20-10-24(33(35,36)37)12-25(11-20)34(38,39)40/h10-12,15-17,19,21,26-30,47-48H,4-9,13-14,18H2,1-3H3/t21-,26-,27+,28+,29-. The number of likely N-dealkylation sites (tertiary alicyclic amines) is 1. The van der Waals surface area contributed by atoms with E-state index in [0.717, 1.165) is 17.7 Å². The topological polar surface area (TPSA) is 117 Å². The van der Waals surface area contributed by atoms with Crippen molar-refractivity contribution in [3.63, 3.8) is 0 Å². The average Bonchev–Trinajstić information content (AvgIpc) is 3.52. The molecule has 3 aromatic rings. The molecule has 1 aromatic carbocycles. The fraction of sp³-hybridized carbons (Fsp3) is 0.588. The van der Waals surface area contributed by atoms with Gasteiger partial charge < -0.3 is 24.7 Å². The molecular weight excluding hydrogens is 670 g/mol. The SMILES string of the molecule is CC[C@@H]1C[C@H](N(Cc2cc(C(F)(F)F)cc(C(F)(F)F)c2)c2ncc(-c3cnn(C)c3)cn2)C[C@H](CC)N1C(=O)O[C@H]1CC[C@H](C(O)O)CC1. The molecule has 2 aromatic heterocycles. The molecule has 0 spiro atoms. The Balaban J connectivity index is 1.45. The summed E-state index contributed by atoms with van der Waals surface area (Å²) in [5, 5.41) is 23.2. The second-order valence-corrected chi connectivity index (χ2v) is 13.2. The third kappa shape index (κ3) is 8.68. The number of nitrogens with zero attached hydrogens (tertiary/aromatic N) is 6. The van der Waals surface area contributed by atoms with Crippen LogP contribution in [0.3, 0.4) is 0 Å². The number of halogens is 6. The number of aliphatic hydroxyl groups is 2. The second-order valence-electron chi connectivity index (χ2n) is 13.2. The van der Waals surface area contributed by atoms with Crippen LogP contribution in [-0.2, 0) is 30.7 Å². The number of piperidine rings is 1. The molecule has 10 nitrogen and oxygen atoms in total. The van der Waals surface area contributed by atoms with E-state index in [-0.39, 0.29) is 48.2 Å². The van der Waals surface area contributed by atoms with Crippen LogP contribution < -0.4 is 4.90 Å². The van der Waals surface area contributed by atoms with E-state index < -0.39 is 41.9 Å². The van der Waals surface area contributed by atoms with Gasteiger partial charge in [-0.15, -0.1) is 0 Å². The van der Waals surface area contributed by atoms with E-state index >= 15 is 0 Å². The lowest BCUT2D eigenvalue weighted by molar-refractivity contribution is -0.143. The van der Waals surface area contributed by atoms with E-state index in [4.69, 9.17) is 4.74 Å². The van der Waals surface area contributed by atoms with Crippen LogP contribution >= 0.6 is 0 Å². The lowest BCUT2D eigenvalue weighted by Crippen LogP contribution is -2.57. The first kappa shape index (κ1) is 37.3. The van der Waals surface area contributed by atoms with Crippen molar-refractivity contribution in [2.24, 2.45) is 13.0 Å². The van der Waals surface area contributed by atoms with Crippen LogP contribution in [-0.4, -0.2) is 71.5 Å². The highest BCUT2D eigenvalue weighted by Crippen LogP contribution is 2.39. The quantitative estimate of drug-likeness (QED) is 0.181. The predicted octanol–water partition coefficient (Wildman–Crippen LogP) is 6.95. The normalized spacial score (nSPS) is 23.3. The molecule has 50 heavy (non-hydrogen) atoms. The summed E-state index contributed by atoms with van der Waals surface area (Å²) in [6, 6.07) is 0.381. The molecule has 16 heteroatoms. The van der Waals surface area contributed by atoms with Crippen molar-refractivity contribution < 1.29 is 46.1 Å². The van der Waals surface area contributed by atoms with E-state index in [0.29, 0.717) is 56.9 Å². The van der Waals surface area contributed by atoms with Crippen molar-refractivity contribution >= 4 is 12.0 Å². The number of carbonyl (C=O) groups is 1. The number of benzene rings is 1. The Bertz CT molecular complexity index is 1540. The van der Waals surface area contributed by atoms with Crippen molar-refractivity contribution in [1.82, 2.24) is 24.6 Å². The van der Waals surface area contributed by atoms with Crippen molar-refractivity contribution in [3.8, 4) is 11.1 Å². The summed E-state index contributed by atoms with van der Waals surface area (Å²) in [5.41, 5.74) is -1.68. The number of hydrogen-bond donors (Lipinski definition) is 2. The minimum atomic E-state index is -5.01. The molecule has 3 heterocycles. The molecule has 5 rings (SSSR count). The highest BCUT2D eigenvalue weighted by Gasteiger charge is 2.42. The number of rotatable bonds is 9. The number of ether oxygens (including phenoxy) is 1. The first-order valence-corrected chi connectivity index (χ1v) is 16.8. The van der Waals surface area contributed by atoms with Gasteiger partial charge in [0.1, 0.15) is 6.10 Å². The van der Waals surface area contributed by atoms with Gasteiger partial charge in [0.15, 0.2) is 6.29 Å². The first-order chi connectivity index (χ1) is 23.6. The lowest BCUT2D eigenvalue weighted by atomic mass is 9.86. The number of alkyl halides is 6. The van der Waals surface area contributed by atoms with Gasteiger partial charge in [-0.05, 0) is 75.1 Å². The number of aromatic nitrogens is 4. The molecule has 2 fully saturated rings. The van der Waals surface area contributed by atoms with Crippen LogP contribution in [0, 0.1) is 5.92 Å². The first-order valence-electron chi connectivity index (χ1n) is 16.8. The van der Waals surface area contributed by atoms with Gasteiger partial charge in [-0.2, -0.15) is 31.4 Å². The molecular formula is C34H42F6N6O4. The molecule has 1 saturated heterocycles. The molecule has 2 aliphatic rings. The summed E-state index contributed by atoms with van der Waals surface area (Å²) in [6.07, 6.45) is -2.16. The minimum absolute atomic E-state index is 0.107. The Morgan fingerprint density at radius 2 is 1.46 bits per heavy atom. The zero-order chi connectivity index (χ0) is 36.4. The van der Waals surface area contributed by atoms with Crippen molar-refractivity contribution in [2.75, 3.05) is 4.90 Å². The zero-order valence-corrected chi connectivity index (χ0v) is 28.0. The van der Waals surface area contributed by atoms with E-state index in [1.807, 2.05) is 13.8 Å². The number of hydrogen-bond acceptors (Lipinski definition) is 8. The van der Waals surface area contributed by atoms with Gasteiger partial charge in [0.05, 0.1) is 17.3 Å². The maximum atomic E-state index is 13.8. The van der Waals surface area contributed by atoms with Crippen molar-refractivity contribution in [1.29, 1.82) is 0 Å². The molecule has 1 aliphatic carbocycles. The van der Waals surface area contributed by atoms with Gasteiger partial charge in [-0.25, -0.2) is 14.8 Å². The van der Waals surface area contributed by atoms with Crippen LogP contribution in [0.15, 0.2) is 43.0 Å². The van der Waals surface area contributed by atoms with Crippen LogP contribution in [0.1, 0.15) is 81.9 Å². The van der Waals surface area contributed by atoms with Crippen molar-refractivity contribution in [3.05, 3.63) is 59.7 Å². The third-order valence-electron chi connectivity index (χ3n) is 9.81. The van der Waals surface area contributed by atoms with Crippen LogP contribution in [0.5, 0.6) is 0 Å². The summed E-state index contributed by atoms with van der Waals surface area (Å²) < 4.78 is 90.4. The molecule has 1 aliphatic heterocycles. The molecule has 0 radical (unpaired) electrons. The Hall–Kier alpha value is -3.92. The van der Waals surface area contributed by atoms with Crippen LogP contribution in [0.4, 0.5) is 37.1 Å². The van der Waals surface area contributed by atoms with Gasteiger partial charge in [-0.1, -0.05) is 13.8 Å². The average molecular weight is 713 g/mol. The molecule has 2 N–H and O–H groups in total. The number of anilines is 1. The summed E-state index contributed by atoms with van der Waals surface area (Å²) in [7, 11) is 1.74. The van der Waals surface area contributed by atoms with E-state index in [2.05, 4.69) is 15.1 Å². The summed E-state index contributed by atoms with van der Waals surface area (Å²) in [4.78, 5) is 26.0. The fourth-order valence-corrected chi connectivity index (χ4v) is 7.10. The monoisotopic (exact) mass is 712 g/mol. The fourth-order valence-electron chi connectivity index (χ4n) is 7.10. The summed E-state index contributed by atoms with van der Waals surface area (Å²) in [5.74, 6) is -0.152. The number of amides is 1. The molecule has 3 atom stereocenters. The van der Waals surface area contributed by atoms with Gasteiger partial charge in [0.2, 0.25) is 5.95 Å². The van der Waals surface area contributed by atoms with Crippen LogP contribution in [0.2, 0.25) is 0 Å². The third-order valence-corrected chi connectivity index (χ3v) is 9.81. The summed E-state index contributed by atoms with van der Waals surface area (Å²) in [6.45, 7) is 3.46. The number of carbonyl (C=O) groups excluding carboxylic acids is 1. The maximum Gasteiger partial charge on any atom is 0.416 e. The van der Waals surface area contributed by atoms with Gasteiger partial charge in [-0.3, -0.25) is 4.68 Å². The minimum Gasteiger partial charge on any atom is -0.446 e. The highest BCUT2D eigenvalue weighted by atomic mass is 19.4. The molecule has 1 saturated carbocycles. The zero-order valence-electron chi connectivity index (χ0n) is 28.0. The van der Waals surface area contributed by atoms with Crippen molar-refractivity contribution in [2.45, 2.75) is 115 Å². The highest BCUT2D eigenvalue weighted by molar-refractivity contribution is 5.69. The van der Waals surface area contributed by atoms with Gasteiger partial charge in [0.25, 0.3) is 0 Å². The van der Waals surface area contributed by atoms with E-state index in [9.17, 15) is 41.4 Å². The van der Waals surface area contributed by atoms with Crippen LogP contribution in [0.25, 0.3) is 11.1 Å². The second kappa shape index (κ2) is 15.1.